The van der Waals surface area contributed by atoms with Crippen LogP contribution in [0.4, 0.5) is 11.9 Å². The van der Waals surface area contributed by atoms with Crippen LogP contribution in [0.3, 0.4) is 0 Å². The third-order valence-electron chi connectivity index (χ3n) is 2.67. The Balaban J connectivity index is 2.07. The molecule has 2 heterocycles. The van der Waals surface area contributed by atoms with Gasteiger partial charge in [0.1, 0.15) is 0 Å². The van der Waals surface area contributed by atoms with E-state index in [1.807, 2.05) is 6.92 Å². The molecule has 1 fully saturated rings. The molecule has 18 heavy (non-hydrogen) atoms. The topological polar surface area (TPSA) is 81.2 Å². The number of anilines is 2. The Morgan fingerprint density at radius 2 is 1.94 bits per heavy atom. The second-order valence-electron chi connectivity index (χ2n) is 3.98. The summed E-state index contributed by atoms with van der Waals surface area (Å²) >= 11 is 0. The molecule has 0 aromatic carbocycles. The van der Waals surface area contributed by atoms with Crippen molar-refractivity contribution >= 4 is 11.9 Å². The van der Waals surface area contributed by atoms with Crippen LogP contribution >= 0.6 is 0 Å². The molecule has 2 N–H and O–H groups in total. The molecule has 0 unspecified atom stereocenters. The van der Waals surface area contributed by atoms with Crippen molar-refractivity contribution in [2.75, 3.05) is 37.5 Å². The average molecular weight is 253 g/mol. The molecule has 1 aromatic rings. The minimum absolute atomic E-state index is 0.339. The maximum Gasteiger partial charge on any atom is 0.323 e. The van der Waals surface area contributed by atoms with Gasteiger partial charge in [0.15, 0.2) is 0 Å². The fourth-order valence-corrected chi connectivity index (χ4v) is 1.75. The first-order chi connectivity index (χ1) is 8.81. The van der Waals surface area contributed by atoms with Gasteiger partial charge < -0.3 is 20.1 Å². The lowest BCUT2D eigenvalue weighted by molar-refractivity contribution is 0.0903. The Hall–Kier alpha value is -1.63. The van der Waals surface area contributed by atoms with Gasteiger partial charge in [0.05, 0.1) is 6.61 Å². The second-order valence-corrected chi connectivity index (χ2v) is 3.98. The van der Waals surface area contributed by atoms with Gasteiger partial charge in [-0.25, -0.2) is 0 Å². The molecule has 1 aliphatic heterocycles. The molecule has 100 valence electrons. The molecular formula is C11H19N5O2. The third kappa shape index (κ3) is 3.43. The van der Waals surface area contributed by atoms with Gasteiger partial charge in [0, 0.05) is 26.3 Å². The number of hydrogen-bond acceptors (Lipinski definition) is 7. The van der Waals surface area contributed by atoms with Crippen molar-refractivity contribution in [3.8, 4) is 6.01 Å². The highest BCUT2D eigenvalue weighted by Crippen LogP contribution is 2.15. The molecule has 0 amide bonds. The Bertz CT molecular complexity index is 382. The van der Waals surface area contributed by atoms with E-state index < -0.39 is 0 Å². The summed E-state index contributed by atoms with van der Waals surface area (Å²) in [6, 6.07) is 0.687. The van der Waals surface area contributed by atoms with E-state index in [2.05, 4.69) is 25.6 Å². The van der Waals surface area contributed by atoms with E-state index in [1.54, 1.807) is 7.05 Å². The standard InChI is InChI=1S/C11H19N5O2/c1-3-18-11-15-9(12-2)14-10(16-11)13-8-4-6-17-7-5-8/h8H,3-7H2,1-2H3,(H2,12,13,14,15,16). The number of hydrogen-bond donors (Lipinski definition) is 2. The monoisotopic (exact) mass is 253 g/mol. The van der Waals surface area contributed by atoms with Crippen LogP contribution in [0.2, 0.25) is 0 Å². The summed E-state index contributed by atoms with van der Waals surface area (Å²) in [5.41, 5.74) is 0. The van der Waals surface area contributed by atoms with E-state index in [0.29, 0.717) is 30.6 Å². The lowest BCUT2D eigenvalue weighted by atomic mass is 10.1. The van der Waals surface area contributed by atoms with Crippen molar-refractivity contribution < 1.29 is 9.47 Å². The number of ether oxygens (including phenoxy) is 2. The van der Waals surface area contributed by atoms with Crippen LogP contribution in [0.15, 0.2) is 0 Å². The van der Waals surface area contributed by atoms with Crippen molar-refractivity contribution in [2.24, 2.45) is 0 Å². The van der Waals surface area contributed by atoms with Crippen LogP contribution in [0.25, 0.3) is 0 Å². The van der Waals surface area contributed by atoms with E-state index in [-0.39, 0.29) is 0 Å². The number of rotatable bonds is 5. The highest BCUT2D eigenvalue weighted by Gasteiger charge is 2.15. The molecule has 0 radical (unpaired) electrons. The van der Waals surface area contributed by atoms with Crippen molar-refractivity contribution in [3.05, 3.63) is 0 Å². The Morgan fingerprint density at radius 1 is 1.22 bits per heavy atom. The molecule has 7 nitrogen and oxygen atoms in total. The second kappa shape index (κ2) is 6.34. The first kappa shape index (κ1) is 12.8. The van der Waals surface area contributed by atoms with Crippen LogP contribution in [0, 0.1) is 0 Å². The first-order valence-electron chi connectivity index (χ1n) is 6.22. The summed E-state index contributed by atoms with van der Waals surface area (Å²) in [4.78, 5) is 12.6. The zero-order chi connectivity index (χ0) is 12.8. The van der Waals surface area contributed by atoms with Crippen LogP contribution in [-0.2, 0) is 4.74 Å². The summed E-state index contributed by atoms with van der Waals surface area (Å²) in [5.74, 6) is 1.05. The van der Waals surface area contributed by atoms with E-state index >= 15 is 0 Å². The van der Waals surface area contributed by atoms with Gasteiger partial charge in [-0.2, -0.15) is 15.0 Å². The normalized spacial score (nSPS) is 16.3. The molecule has 7 heteroatoms. The van der Waals surface area contributed by atoms with Crippen molar-refractivity contribution in [3.63, 3.8) is 0 Å². The maximum absolute atomic E-state index is 5.31. The minimum atomic E-state index is 0.339. The molecule has 1 aliphatic rings. The van der Waals surface area contributed by atoms with E-state index in [0.717, 1.165) is 26.1 Å². The van der Waals surface area contributed by atoms with Crippen molar-refractivity contribution in [1.82, 2.24) is 15.0 Å². The van der Waals surface area contributed by atoms with E-state index in [4.69, 9.17) is 9.47 Å². The molecule has 0 atom stereocenters. The van der Waals surface area contributed by atoms with Crippen LogP contribution < -0.4 is 15.4 Å². The average Bonchev–Trinajstić information content (AvgIpc) is 2.40. The van der Waals surface area contributed by atoms with E-state index in [9.17, 15) is 0 Å². The van der Waals surface area contributed by atoms with Gasteiger partial charge >= 0.3 is 6.01 Å². The minimum Gasteiger partial charge on any atom is -0.464 e. The van der Waals surface area contributed by atoms with Crippen LogP contribution in [0.5, 0.6) is 6.01 Å². The number of aromatic nitrogens is 3. The maximum atomic E-state index is 5.31. The largest absolute Gasteiger partial charge is 0.464 e. The fraction of sp³-hybridized carbons (Fsp3) is 0.727. The summed E-state index contributed by atoms with van der Waals surface area (Å²) in [6.07, 6.45) is 1.93. The zero-order valence-electron chi connectivity index (χ0n) is 10.8. The van der Waals surface area contributed by atoms with Gasteiger partial charge in [-0.15, -0.1) is 0 Å². The summed E-state index contributed by atoms with van der Waals surface area (Å²) in [7, 11) is 1.77. The first-order valence-corrected chi connectivity index (χ1v) is 6.22. The molecule has 2 rings (SSSR count). The summed E-state index contributed by atoms with van der Waals surface area (Å²) in [5, 5.41) is 6.19. The Morgan fingerprint density at radius 3 is 2.61 bits per heavy atom. The third-order valence-corrected chi connectivity index (χ3v) is 2.67. The van der Waals surface area contributed by atoms with Crippen LogP contribution in [-0.4, -0.2) is 47.9 Å². The Kier molecular flexibility index (Phi) is 4.52. The summed E-state index contributed by atoms with van der Waals surface area (Å²) in [6.45, 7) is 3.98. The van der Waals surface area contributed by atoms with Crippen molar-refractivity contribution in [2.45, 2.75) is 25.8 Å². The van der Waals surface area contributed by atoms with Gasteiger partial charge in [0.25, 0.3) is 0 Å². The molecular weight excluding hydrogens is 234 g/mol. The number of nitrogens with one attached hydrogen (secondary N) is 2. The van der Waals surface area contributed by atoms with Gasteiger partial charge in [-0.1, -0.05) is 0 Å². The quantitative estimate of drug-likeness (QED) is 0.807. The zero-order valence-corrected chi connectivity index (χ0v) is 10.8. The molecule has 0 saturated carbocycles. The van der Waals surface area contributed by atoms with E-state index in [1.165, 1.54) is 0 Å². The van der Waals surface area contributed by atoms with Crippen molar-refractivity contribution in [1.29, 1.82) is 0 Å². The molecule has 1 aromatic heterocycles. The SMILES string of the molecule is CCOc1nc(NC)nc(NC2CCOCC2)n1. The molecule has 0 spiro atoms. The van der Waals surface area contributed by atoms with Gasteiger partial charge in [-0.3, -0.25) is 0 Å². The molecule has 0 aliphatic carbocycles. The Labute approximate surface area is 106 Å². The smallest absolute Gasteiger partial charge is 0.323 e. The highest BCUT2D eigenvalue weighted by molar-refractivity contribution is 5.36. The molecule has 0 bridgehead atoms. The fourth-order valence-electron chi connectivity index (χ4n) is 1.75. The van der Waals surface area contributed by atoms with Gasteiger partial charge in [0.2, 0.25) is 11.9 Å². The molecule has 1 saturated heterocycles. The highest BCUT2D eigenvalue weighted by atomic mass is 16.5. The van der Waals surface area contributed by atoms with Gasteiger partial charge in [-0.05, 0) is 19.8 Å². The predicted molar refractivity (Wildman–Crippen MR) is 68.0 cm³/mol. The predicted octanol–water partition coefficient (Wildman–Crippen LogP) is 0.903. The lowest BCUT2D eigenvalue weighted by Crippen LogP contribution is -2.28. The van der Waals surface area contributed by atoms with Crippen LogP contribution in [0.1, 0.15) is 19.8 Å². The summed E-state index contributed by atoms with van der Waals surface area (Å²) < 4.78 is 10.6. The number of nitrogens with zero attached hydrogens (tertiary/aromatic N) is 3. The lowest BCUT2D eigenvalue weighted by Gasteiger charge is -2.23.